The van der Waals surface area contributed by atoms with Crippen LogP contribution in [0, 0.1) is 10.1 Å². The van der Waals surface area contributed by atoms with Gasteiger partial charge in [0.25, 0.3) is 5.69 Å². The lowest BCUT2D eigenvalue weighted by molar-refractivity contribution is -0.384. The Morgan fingerprint density at radius 1 is 1.19 bits per heavy atom. The fraction of sp³-hybridized carbons (Fsp3) is 0.0667. The first-order valence-corrected chi connectivity index (χ1v) is 9.04. The summed E-state index contributed by atoms with van der Waals surface area (Å²) in [6, 6.07) is 11.3. The van der Waals surface area contributed by atoms with E-state index < -0.39 is 14.9 Å². The number of benzene rings is 2. The zero-order chi connectivity index (χ0) is 18.7. The molecule has 3 aromatic rings. The Morgan fingerprint density at radius 2 is 1.92 bits per heavy atom. The molecular formula is C15H11ClN4O5S. The van der Waals surface area contributed by atoms with Gasteiger partial charge in [0, 0.05) is 22.7 Å². The smallest absolute Gasteiger partial charge is 0.269 e. The van der Waals surface area contributed by atoms with Crippen LogP contribution in [0.15, 0.2) is 57.9 Å². The summed E-state index contributed by atoms with van der Waals surface area (Å²) in [7, 11) is -3.88. The van der Waals surface area contributed by atoms with E-state index in [4.69, 9.17) is 16.1 Å². The molecule has 11 heteroatoms. The molecule has 0 aliphatic rings. The van der Waals surface area contributed by atoms with E-state index in [0.717, 1.165) is 24.3 Å². The molecule has 1 N–H and O–H groups in total. The number of nitrogens with zero attached hydrogens (tertiary/aromatic N) is 3. The Bertz CT molecular complexity index is 1050. The molecule has 2 aromatic carbocycles. The van der Waals surface area contributed by atoms with Gasteiger partial charge in [0.1, 0.15) is 0 Å². The Hall–Kier alpha value is -2.82. The van der Waals surface area contributed by atoms with E-state index >= 15 is 0 Å². The summed E-state index contributed by atoms with van der Waals surface area (Å²) >= 11 is 5.90. The summed E-state index contributed by atoms with van der Waals surface area (Å²) in [6.45, 7) is -0.229. The predicted octanol–water partition coefficient (Wildman–Crippen LogP) is 2.78. The van der Waals surface area contributed by atoms with Crippen LogP contribution in [0.1, 0.15) is 5.89 Å². The second-order valence-corrected chi connectivity index (χ2v) is 7.30. The molecule has 0 unspecified atom stereocenters. The molecule has 0 radical (unpaired) electrons. The van der Waals surface area contributed by atoms with Crippen molar-refractivity contribution in [2.24, 2.45) is 0 Å². The van der Waals surface area contributed by atoms with Crippen molar-refractivity contribution < 1.29 is 17.9 Å². The van der Waals surface area contributed by atoms with Crippen LogP contribution < -0.4 is 4.72 Å². The third-order valence-electron chi connectivity index (χ3n) is 3.32. The van der Waals surface area contributed by atoms with E-state index in [2.05, 4.69) is 14.9 Å². The first-order chi connectivity index (χ1) is 12.3. The maximum atomic E-state index is 12.2. The van der Waals surface area contributed by atoms with Crippen molar-refractivity contribution in [3.8, 4) is 11.4 Å². The van der Waals surface area contributed by atoms with E-state index in [1.807, 2.05) is 0 Å². The maximum Gasteiger partial charge on any atom is 0.269 e. The number of nitro groups is 1. The van der Waals surface area contributed by atoms with Gasteiger partial charge in [-0.05, 0) is 24.3 Å². The quantitative estimate of drug-likeness (QED) is 0.502. The van der Waals surface area contributed by atoms with Gasteiger partial charge in [0.05, 0.1) is 16.4 Å². The lowest BCUT2D eigenvalue weighted by Gasteiger charge is -2.04. The Balaban J connectivity index is 1.71. The summed E-state index contributed by atoms with van der Waals surface area (Å²) in [6.07, 6.45) is 0. The van der Waals surface area contributed by atoms with Crippen LogP contribution in [0.5, 0.6) is 0 Å². The molecule has 0 saturated carbocycles. The van der Waals surface area contributed by atoms with Gasteiger partial charge >= 0.3 is 0 Å². The fourth-order valence-corrected chi connectivity index (χ4v) is 3.22. The fourth-order valence-electron chi connectivity index (χ4n) is 2.06. The SMILES string of the molecule is O=[N+]([O-])c1ccc(S(=O)(=O)NCc2nc(-c3cccc(Cl)c3)no2)cc1. The van der Waals surface area contributed by atoms with E-state index in [9.17, 15) is 18.5 Å². The van der Waals surface area contributed by atoms with E-state index in [1.165, 1.54) is 0 Å². The highest BCUT2D eigenvalue weighted by atomic mass is 35.5. The highest BCUT2D eigenvalue weighted by molar-refractivity contribution is 7.89. The third-order valence-corrected chi connectivity index (χ3v) is 4.97. The molecule has 0 aliphatic carbocycles. The van der Waals surface area contributed by atoms with E-state index in [1.54, 1.807) is 24.3 Å². The summed E-state index contributed by atoms with van der Waals surface area (Å²) in [5.41, 5.74) is 0.428. The van der Waals surface area contributed by atoms with Crippen LogP contribution in [0.25, 0.3) is 11.4 Å². The number of sulfonamides is 1. The number of aromatic nitrogens is 2. The zero-order valence-corrected chi connectivity index (χ0v) is 14.6. The van der Waals surface area contributed by atoms with Crippen molar-refractivity contribution in [3.63, 3.8) is 0 Å². The van der Waals surface area contributed by atoms with Crippen molar-refractivity contribution in [2.75, 3.05) is 0 Å². The molecule has 0 atom stereocenters. The molecule has 134 valence electrons. The number of hydrogen-bond donors (Lipinski definition) is 1. The predicted molar refractivity (Wildman–Crippen MR) is 91.9 cm³/mol. The van der Waals surface area contributed by atoms with Crippen LogP contribution in [0.3, 0.4) is 0 Å². The van der Waals surface area contributed by atoms with Gasteiger partial charge in [-0.3, -0.25) is 10.1 Å². The van der Waals surface area contributed by atoms with Crippen LogP contribution >= 0.6 is 11.6 Å². The topological polar surface area (TPSA) is 128 Å². The van der Waals surface area contributed by atoms with Crippen molar-refractivity contribution in [2.45, 2.75) is 11.4 Å². The van der Waals surface area contributed by atoms with Gasteiger partial charge in [0.2, 0.25) is 21.7 Å². The minimum Gasteiger partial charge on any atom is -0.338 e. The molecule has 0 amide bonds. The maximum absolute atomic E-state index is 12.2. The minimum atomic E-state index is -3.88. The van der Waals surface area contributed by atoms with Gasteiger partial charge in [-0.1, -0.05) is 28.9 Å². The monoisotopic (exact) mass is 394 g/mol. The highest BCUT2D eigenvalue weighted by Gasteiger charge is 2.17. The van der Waals surface area contributed by atoms with Gasteiger partial charge in [-0.15, -0.1) is 0 Å². The minimum absolute atomic E-state index is 0.0606. The number of nitro benzene ring substituents is 1. The molecule has 0 fully saturated rings. The lowest BCUT2D eigenvalue weighted by atomic mass is 10.2. The number of hydrogen-bond acceptors (Lipinski definition) is 7. The van der Waals surface area contributed by atoms with Crippen molar-refractivity contribution >= 4 is 27.3 Å². The van der Waals surface area contributed by atoms with Crippen LogP contribution in [-0.2, 0) is 16.6 Å². The number of halogens is 1. The van der Waals surface area contributed by atoms with Crippen molar-refractivity contribution in [1.29, 1.82) is 0 Å². The van der Waals surface area contributed by atoms with Gasteiger partial charge in [-0.25, -0.2) is 13.1 Å². The molecule has 0 bridgehead atoms. The van der Waals surface area contributed by atoms with Crippen molar-refractivity contribution in [3.05, 3.63) is 69.6 Å². The largest absolute Gasteiger partial charge is 0.338 e. The number of non-ortho nitro benzene ring substituents is 1. The summed E-state index contributed by atoms with van der Waals surface area (Å²) < 4.78 is 31.8. The number of nitrogens with one attached hydrogen (secondary N) is 1. The second kappa shape index (κ2) is 7.20. The van der Waals surface area contributed by atoms with Crippen LogP contribution in [-0.4, -0.2) is 23.5 Å². The van der Waals surface area contributed by atoms with E-state index in [-0.39, 0.29) is 28.8 Å². The Morgan fingerprint density at radius 3 is 2.58 bits per heavy atom. The highest BCUT2D eigenvalue weighted by Crippen LogP contribution is 2.20. The zero-order valence-electron chi connectivity index (χ0n) is 13.0. The molecule has 3 rings (SSSR count). The molecular weight excluding hydrogens is 384 g/mol. The number of rotatable bonds is 6. The molecule has 26 heavy (non-hydrogen) atoms. The Labute approximate surface area is 152 Å². The molecule has 0 spiro atoms. The molecule has 9 nitrogen and oxygen atoms in total. The summed E-state index contributed by atoms with van der Waals surface area (Å²) in [5, 5.41) is 14.9. The molecule has 0 saturated heterocycles. The average Bonchev–Trinajstić information content (AvgIpc) is 3.09. The average molecular weight is 395 g/mol. The third kappa shape index (κ3) is 4.04. The Kier molecular flexibility index (Phi) is 4.98. The van der Waals surface area contributed by atoms with E-state index in [0.29, 0.717) is 10.6 Å². The van der Waals surface area contributed by atoms with Gasteiger partial charge in [-0.2, -0.15) is 4.98 Å². The lowest BCUT2D eigenvalue weighted by Crippen LogP contribution is -2.23. The van der Waals surface area contributed by atoms with Gasteiger partial charge in [0.15, 0.2) is 0 Å². The van der Waals surface area contributed by atoms with Crippen LogP contribution in [0.4, 0.5) is 5.69 Å². The standard InChI is InChI=1S/C15H11ClN4O5S/c16-11-3-1-2-10(8-11)15-18-14(25-19-15)9-17-26(23,24)13-6-4-12(5-7-13)20(21)22/h1-8,17H,9H2. The van der Waals surface area contributed by atoms with Gasteiger partial charge < -0.3 is 4.52 Å². The summed E-state index contributed by atoms with van der Waals surface area (Å²) in [5.74, 6) is 0.336. The molecule has 1 aromatic heterocycles. The summed E-state index contributed by atoms with van der Waals surface area (Å²) in [4.78, 5) is 14.0. The first-order valence-electron chi connectivity index (χ1n) is 7.18. The van der Waals surface area contributed by atoms with Crippen LogP contribution in [0.2, 0.25) is 5.02 Å². The normalized spacial score (nSPS) is 11.4. The molecule has 1 heterocycles. The van der Waals surface area contributed by atoms with Crippen molar-refractivity contribution in [1.82, 2.24) is 14.9 Å². The molecule has 0 aliphatic heterocycles. The second-order valence-electron chi connectivity index (χ2n) is 5.10. The first kappa shape index (κ1) is 18.0.